The zero-order chi connectivity index (χ0) is 15.2. The molecule has 0 radical (unpaired) electrons. The van der Waals surface area contributed by atoms with E-state index in [0.29, 0.717) is 20.8 Å². The minimum Gasteiger partial charge on any atom is -0.325 e. The summed E-state index contributed by atoms with van der Waals surface area (Å²) in [6.07, 6.45) is 1.73. The van der Waals surface area contributed by atoms with Crippen LogP contribution in [0.5, 0.6) is 0 Å². The average Bonchev–Trinajstić information content (AvgIpc) is 2.89. The van der Waals surface area contributed by atoms with Gasteiger partial charge in [0.05, 0.1) is 5.69 Å². The Morgan fingerprint density at radius 2 is 2.00 bits per heavy atom. The van der Waals surface area contributed by atoms with E-state index in [1.165, 1.54) is 0 Å². The van der Waals surface area contributed by atoms with E-state index >= 15 is 0 Å². The van der Waals surface area contributed by atoms with Crippen LogP contribution in [-0.4, -0.2) is 33.1 Å². The summed E-state index contributed by atoms with van der Waals surface area (Å²) in [6, 6.07) is 5.10. The Hall–Kier alpha value is -0.490. The predicted octanol–water partition coefficient (Wildman–Crippen LogP) is 4.17. The summed E-state index contributed by atoms with van der Waals surface area (Å²) in [5, 5.41) is 1.55. The topological polar surface area (TPSA) is 23.6 Å². The van der Waals surface area contributed by atoms with Crippen LogP contribution in [0, 0.1) is 0 Å². The van der Waals surface area contributed by atoms with E-state index in [1.54, 1.807) is 34.9 Å². The van der Waals surface area contributed by atoms with Crippen molar-refractivity contribution in [3.8, 4) is 0 Å². The number of amides is 1. The second kappa shape index (κ2) is 5.61. The number of carbonyl (C=O) groups excluding carboxylic acids is 1. The van der Waals surface area contributed by atoms with Gasteiger partial charge in [-0.3, -0.25) is 9.69 Å². The van der Waals surface area contributed by atoms with E-state index in [4.69, 9.17) is 35.4 Å². The fourth-order valence-corrected chi connectivity index (χ4v) is 5.44. The normalized spacial score (nSPS) is 24.9. The third kappa shape index (κ3) is 2.34. The average molecular weight is 361 g/mol. The van der Waals surface area contributed by atoms with Gasteiger partial charge in [-0.15, -0.1) is 11.8 Å². The molecular weight excluding hydrogens is 347 g/mol. The molecule has 0 aromatic heterocycles. The summed E-state index contributed by atoms with van der Waals surface area (Å²) in [4.78, 5) is 16.1. The molecule has 1 unspecified atom stereocenters. The van der Waals surface area contributed by atoms with Gasteiger partial charge in [-0.2, -0.15) is 0 Å². The van der Waals surface area contributed by atoms with Crippen molar-refractivity contribution in [3.05, 3.63) is 28.2 Å². The van der Waals surface area contributed by atoms with Crippen LogP contribution in [0.3, 0.4) is 0 Å². The van der Waals surface area contributed by atoms with Crippen LogP contribution in [-0.2, 0) is 4.79 Å². The fourth-order valence-electron chi connectivity index (χ4n) is 2.92. The van der Waals surface area contributed by atoms with Gasteiger partial charge >= 0.3 is 0 Å². The van der Waals surface area contributed by atoms with Crippen LogP contribution in [0.25, 0.3) is 0 Å². The first-order valence-electron chi connectivity index (χ1n) is 6.76. The summed E-state index contributed by atoms with van der Waals surface area (Å²) in [6.45, 7) is 2.89. The molecule has 2 saturated heterocycles. The molecule has 3 rings (SSSR count). The Morgan fingerprint density at radius 1 is 1.33 bits per heavy atom. The van der Waals surface area contributed by atoms with Gasteiger partial charge in [0, 0.05) is 22.3 Å². The van der Waals surface area contributed by atoms with Crippen molar-refractivity contribution in [2.45, 2.75) is 24.6 Å². The number of anilines is 1. The molecule has 2 aliphatic rings. The van der Waals surface area contributed by atoms with Gasteiger partial charge in [-0.25, -0.2) is 0 Å². The Kier molecular flexibility index (Phi) is 4.12. The largest absolute Gasteiger partial charge is 0.325 e. The quantitative estimate of drug-likeness (QED) is 0.754. The van der Waals surface area contributed by atoms with Crippen molar-refractivity contribution in [2.75, 3.05) is 17.2 Å². The zero-order valence-electron chi connectivity index (χ0n) is 11.4. The van der Waals surface area contributed by atoms with Crippen LogP contribution in [0.4, 0.5) is 5.69 Å². The summed E-state index contributed by atoms with van der Waals surface area (Å²) >= 11 is 19.3. The van der Waals surface area contributed by atoms with E-state index in [1.807, 2.05) is 4.90 Å². The molecule has 21 heavy (non-hydrogen) atoms. The van der Waals surface area contributed by atoms with E-state index in [2.05, 4.69) is 6.92 Å². The first kappa shape index (κ1) is 15.4. The standard InChI is InChI=1S/C14H14Cl2N2OS2/c1-2-3-14-12(19)18(13(20)17(14)4-5-21-14)11-7-9(15)6-10(16)8-11/h6-8H,2-5H2,1H3. The lowest BCUT2D eigenvalue weighted by molar-refractivity contribution is -0.120. The van der Waals surface area contributed by atoms with Crippen LogP contribution >= 0.6 is 47.2 Å². The second-order valence-electron chi connectivity index (χ2n) is 5.09. The molecule has 0 aliphatic carbocycles. The molecule has 112 valence electrons. The molecule has 1 atom stereocenters. The van der Waals surface area contributed by atoms with Crippen LogP contribution in [0.1, 0.15) is 19.8 Å². The molecule has 1 amide bonds. The van der Waals surface area contributed by atoms with Crippen LogP contribution in [0.2, 0.25) is 10.0 Å². The SMILES string of the molecule is CCCC12SCCN1C(=S)N(c1cc(Cl)cc(Cl)c1)C2=O. The first-order valence-corrected chi connectivity index (χ1v) is 8.91. The number of fused-ring (bicyclic) bond motifs is 1. The molecule has 7 heteroatoms. The second-order valence-corrected chi connectivity index (χ2v) is 7.70. The third-order valence-corrected chi connectivity index (χ3v) is 6.05. The number of nitrogens with zero attached hydrogens (tertiary/aromatic N) is 2. The van der Waals surface area contributed by atoms with Gasteiger partial charge in [-0.1, -0.05) is 36.5 Å². The molecule has 2 heterocycles. The summed E-state index contributed by atoms with van der Waals surface area (Å²) < 4.78 is 0. The van der Waals surface area contributed by atoms with E-state index in [9.17, 15) is 4.79 Å². The van der Waals surface area contributed by atoms with Crippen molar-refractivity contribution in [1.82, 2.24) is 4.90 Å². The lowest BCUT2D eigenvalue weighted by atomic mass is 10.1. The number of hydrogen-bond donors (Lipinski definition) is 0. The van der Waals surface area contributed by atoms with Gasteiger partial charge in [0.2, 0.25) is 0 Å². The first-order chi connectivity index (χ1) is 9.99. The zero-order valence-corrected chi connectivity index (χ0v) is 14.6. The van der Waals surface area contributed by atoms with Gasteiger partial charge in [-0.05, 0) is 36.8 Å². The highest BCUT2D eigenvalue weighted by Gasteiger charge is 2.58. The molecule has 3 nitrogen and oxygen atoms in total. The lowest BCUT2D eigenvalue weighted by Gasteiger charge is -2.27. The molecule has 0 spiro atoms. The third-order valence-electron chi connectivity index (χ3n) is 3.75. The van der Waals surface area contributed by atoms with E-state index in [-0.39, 0.29) is 5.91 Å². The van der Waals surface area contributed by atoms with Crippen LogP contribution in [0.15, 0.2) is 18.2 Å². The Bertz CT molecular complexity index is 605. The Labute approximate surface area is 143 Å². The maximum atomic E-state index is 13.0. The highest BCUT2D eigenvalue weighted by atomic mass is 35.5. The molecule has 1 aromatic carbocycles. The Balaban J connectivity index is 2.05. The molecule has 2 aliphatic heterocycles. The van der Waals surface area contributed by atoms with Crippen molar-refractivity contribution < 1.29 is 4.79 Å². The number of thiocarbonyl (C=S) groups is 1. The molecule has 0 saturated carbocycles. The maximum Gasteiger partial charge on any atom is 0.269 e. The monoisotopic (exact) mass is 360 g/mol. The Morgan fingerprint density at radius 3 is 2.62 bits per heavy atom. The van der Waals surface area contributed by atoms with Gasteiger partial charge in [0.15, 0.2) is 9.98 Å². The van der Waals surface area contributed by atoms with Gasteiger partial charge in [0.1, 0.15) is 0 Å². The number of carbonyl (C=O) groups is 1. The van der Waals surface area contributed by atoms with Crippen LogP contribution < -0.4 is 4.90 Å². The number of rotatable bonds is 3. The van der Waals surface area contributed by atoms with Crippen molar-refractivity contribution in [2.24, 2.45) is 0 Å². The van der Waals surface area contributed by atoms with Gasteiger partial charge in [0.25, 0.3) is 5.91 Å². The number of benzene rings is 1. The van der Waals surface area contributed by atoms with Gasteiger partial charge < -0.3 is 4.90 Å². The summed E-state index contributed by atoms with van der Waals surface area (Å²) in [5.41, 5.74) is 0.646. The minimum atomic E-state index is -0.541. The van der Waals surface area contributed by atoms with E-state index in [0.717, 1.165) is 25.1 Å². The molecule has 2 fully saturated rings. The fraction of sp³-hybridized carbons (Fsp3) is 0.429. The molecule has 0 N–H and O–H groups in total. The molecular formula is C14H14Cl2N2OS2. The smallest absolute Gasteiger partial charge is 0.269 e. The van der Waals surface area contributed by atoms with Crippen molar-refractivity contribution >= 4 is 63.9 Å². The molecule has 1 aromatic rings. The van der Waals surface area contributed by atoms with Crippen molar-refractivity contribution in [1.29, 1.82) is 0 Å². The maximum absolute atomic E-state index is 13.0. The minimum absolute atomic E-state index is 0.0233. The highest BCUT2D eigenvalue weighted by molar-refractivity contribution is 8.01. The summed E-state index contributed by atoms with van der Waals surface area (Å²) in [5.74, 6) is 0.950. The summed E-state index contributed by atoms with van der Waals surface area (Å²) in [7, 11) is 0. The number of thioether (sulfide) groups is 1. The number of halogens is 2. The predicted molar refractivity (Wildman–Crippen MR) is 93.3 cm³/mol. The highest BCUT2D eigenvalue weighted by Crippen LogP contribution is 2.47. The van der Waals surface area contributed by atoms with E-state index < -0.39 is 4.87 Å². The number of hydrogen-bond acceptors (Lipinski definition) is 3. The molecule has 0 bridgehead atoms. The van der Waals surface area contributed by atoms with Crippen molar-refractivity contribution in [3.63, 3.8) is 0 Å². The lowest BCUT2D eigenvalue weighted by Crippen LogP contribution is -2.42.